The number of nitriles is 1. The zero-order valence-electron chi connectivity index (χ0n) is 15.5. The van der Waals surface area contributed by atoms with Crippen LogP contribution in [0.3, 0.4) is 0 Å². The second-order valence-electron chi connectivity index (χ2n) is 6.38. The normalized spacial score (nSPS) is 14.9. The highest BCUT2D eigenvalue weighted by Gasteiger charge is 2.21. The van der Waals surface area contributed by atoms with Gasteiger partial charge in [-0.1, -0.05) is 11.9 Å². The number of anilines is 1. The first-order chi connectivity index (χ1) is 13.2. The van der Waals surface area contributed by atoms with Crippen molar-refractivity contribution >= 4 is 17.8 Å². The lowest BCUT2D eigenvalue weighted by atomic mass is 10.2. The van der Waals surface area contributed by atoms with E-state index in [1.165, 1.54) is 0 Å². The largest absolute Gasteiger partial charge is 0.349 e. The Hall–Kier alpha value is -2.34. The highest BCUT2D eigenvalue weighted by Crippen LogP contribution is 2.16. The van der Waals surface area contributed by atoms with Crippen molar-refractivity contribution in [3.8, 4) is 11.8 Å². The van der Waals surface area contributed by atoms with Crippen LogP contribution >= 0.6 is 11.9 Å². The Bertz CT molecular complexity index is 865. The van der Waals surface area contributed by atoms with Crippen molar-refractivity contribution in [3.63, 3.8) is 0 Å². The summed E-state index contributed by atoms with van der Waals surface area (Å²) >= 11 is 1.73. The van der Waals surface area contributed by atoms with Gasteiger partial charge in [0.2, 0.25) is 0 Å². The summed E-state index contributed by atoms with van der Waals surface area (Å²) in [6.45, 7) is 3.92. The Morgan fingerprint density at radius 2 is 1.93 bits per heavy atom. The molecule has 0 aliphatic carbocycles. The zero-order chi connectivity index (χ0) is 19.2. The monoisotopic (exact) mass is 384 g/mol. The first-order valence-electron chi connectivity index (χ1n) is 9.03. The predicted molar refractivity (Wildman–Crippen MR) is 109 cm³/mol. The number of aromatic nitrogens is 2. The minimum Gasteiger partial charge on any atom is -0.349 e. The van der Waals surface area contributed by atoms with Gasteiger partial charge >= 0.3 is 0 Å². The quantitative estimate of drug-likeness (QED) is 0.753. The van der Waals surface area contributed by atoms with Gasteiger partial charge in [-0.3, -0.25) is 9.36 Å². The van der Waals surface area contributed by atoms with Crippen LogP contribution in [0, 0.1) is 11.3 Å². The molecule has 2 N–H and O–H groups in total. The molecule has 8 heteroatoms. The molecule has 1 aliphatic heterocycles. The fraction of sp³-hybridized carbons (Fsp3) is 0.421. The molecule has 3 rings (SSSR count). The van der Waals surface area contributed by atoms with E-state index >= 15 is 0 Å². The summed E-state index contributed by atoms with van der Waals surface area (Å²) in [4.78, 5) is 19.9. The molecule has 0 saturated carbocycles. The summed E-state index contributed by atoms with van der Waals surface area (Å²) in [5, 5.41) is 9.00. The fourth-order valence-electron chi connectivity index (χ4n) is 3.11. The van der Waals surface area contributed by atoms with Crippen molar-refractivity contribution in [1.29, 1.82) is 5.26 Å². The molecule has 142 valence electrons. The molecule has 0 radical (unpaired) electrons. The zero-order valence-corrected chi connectivity index (χ0v) is 16.3. The van der Waals surface area contributed by atoms with Crippen molar-refractivity contribution in [2.45, 2.75) is 12.8 Å². The first kappa shape index (κ1) is 19.4. The maximum Gasteiger partial charge on any atom is 0.298 e. The Morgan fingerprint density at radius 1 is 1.22 bits per heavy atom. The highest BCUT2D eigenvalue weighted by atomic mass is 32.2. The van der Waals surface area contributed by atoms with Gasteiger partial charge in [0.25, 0.3) is 5.56 Å². The lowest BCUT2D eigenvalue weighted by molar-refractivity contribution is 0.428. The molecule has 0 amide bonds. The Kier molecular flexibility index (Phi) is 6.50. The van der Waals surface area contributed by atoms with Crippen LogP contribution in [0.15, 0.2) is 35.3 Å². The molecular formula is C19H24N6OS. The average molecular weight is 385 g/mol. The number of hydrogen-bond acceptors (Lipinski definition) is 7. The second kappa shape index (κ2) is 9.04. The molecule has 1 fully saturated rings. The van der Waals surface area contributed by atoms with E-state index in [1.54, 1.807) is 47.0 Å². The molecule has 7 nitrogen and oxygen atoms in total. The van der Waals surface area contributed by atoms with Crippen LogP contribution in [0.4, 0.5) is 5.82 Å². The maximum absolute atomic E-state index is 13.2. The molecule has 2 aromatic rings. The smallest absolute Gasteiger partial charge is 0.298 e. The van der Waals surface area contributed by atoms with E-state index in [9.17, 15) is 4.79 Å². The number of hydrogen-bond donors (Lipinski definition) is 1. The molecule has 0 spiro atoms. The van der Waals surface area contributed by atoms with Crippen LogP contribution < -0.4 is 16.2 Å². The van der Waals surface area contributed by atoms with Gasteiger partial charge in [0.05, 0.1) is 17.3 Å². The topological polar surface area (TPSA) is 91.2 Å². The summed E-state index contributed by atoms with van der Waals surface area (Å²) in [6.07, 6.45) is 5.41. The third-order valence-corrected chi connectivity index (χ3v) is 5.53. The number of rotatable bonds is 6. The van der Waals surface area contributed by atoms with Crippen molar-refractivity contribution in [1.82, 2.24) is 13.9 Å². The molecule has 2 heterocycles. The van der Waals surface area contributed by atoms with Crippen molar-refractivity contribution in [2.75, 3.05) is 43.9 Å². The standard InChI is InChI=1S/C19H24N6OS/c1-27-24-11-9-23(10-12-24)18-19(26)25(14-16(22-18)3-2-8-20)17-6-4-15(13-21)5-7-17/h4-7,14H,2-3,8-12,20H2,1H3. The van der Waals surface area contributed by atoms with Gasteiger partial charge in [0.15, 0.2) is 5.82 Å². The minimum absolute atomic E-state index is 0.131. The number of aryl methyl sites for hydroxylation is 1. The summed E-state index contributed by atoms with van der Waals surface area (Å²) in [6, 6.07) is 9.13. The van der Waals surface area contributed by atoms with E-state index in [0.717, 1.165) is 50.4 Å². The molecule has 1 aromatic heterocycles. The molecule has 0 unspecified atom stereocenters. The number of nitrogens with zero attached hydrogens (tertiary/aromatic N) is 5. The maximum atomic E-state index is 13.2. The summed E-state index contributed by atoms with van der Waals surface area (Å²) < 4.78 is 3.92. The van der Waals surface area contributed by atoms with E-state index in [-0.39, 0.29) is 5.56 Å². The van der Waals surface area contributed by atoms with Gasteiger partial charge in [-0.15, -0.1) is 0 Å². The molecule has 1 aromatic carbocycles. The Labute approximate surface area is 163 Å². The van der Waals surface area contributed by atoms with Crippen LogP contribution in [0.5, 0.6) is 0 Å². The number of nitrogens with two attached hydrogens (primary N) is 1. The number of benzene rings is 1. The second-order valence-corrected chi connectivity index (χ2v) is 7.26. The SMILES string of the molecule is CSN1CCN(c2nc(CCCN)cn(-c3ccc(C#N)cc3)c2=O)CC1. The lowest BCUT2D eigenvalue weighted by Gasteiger charge is -2.33. The van der Waals surface area contributed by atoms with Gasteiger partial charge in [-0.25, -0.2) is 9.29 Å². The Balaban J connectivity index is 1.99. The molecule has 27 heavy (non-hydrogen) atoms. The van der Waals surface area contributed by atoms with E-state index in [2.05, 4.69) is 26.5 Å². The van der Waals surface area contributed by atoms with Crippen LogP contribution in [-0.2, 0) is 6.42 Å². The van der Waals surface area contributed by atoms with Gasteiger partial charge in [-0.2, -0.15) is 5.26 Å². The van der Waals surface area contributed by atoms with Gasteiger partial charge in [0, 0.05) is 38.1 Å². The lowest BCUT2D eigenvalue weighted by Crippen LogP contribution is -2.46. The van der Waals surface area contributed by atoms with E-state index in [0.29, 0.717) is 17.9 Å². The third kappa shape index (κ3) is 4.50. The van der Waals surface area contributed by atoms with Crippen molar-refractivity contribution < 1.29 is 0 Å². The van der Waals surface area contributed by atoms with Crippen LogP contribution in [0.2, 0.25) is 0 Å². The average Bonchev–Trinajstić information content (AvgIpc) is 2.73. The molecule has 0 atom stereocenters. The number of piperazine rings is 1. The predicted octanol–water partition coefficient (Wildman–Crippen LogP) is 1.40. The van der Waals surface area contributed by atoms with Gasteiger partial charge in [-0.05, 0) is 49.9 Å². The molecule has 1 aliphatic rings. The highest BCUT2D eigenvalue weighted by molar-refractivity contribution is 7.96. The van der Waals surface area contributed by atoms with Crippen molar-refractivity contribution in [3.05, 3.63) is 52.1 Å². The summed E-state index contributed by atoms with van der Waals surface area (Å²) in [5.41, 5.74) is 7.68. The van der Waals surface area contributed by atoms with E-state index in [4.69, 9.17) is 11.0 Å². The molecule has 1 saturated heterocycles. The van der Waals surface area contributed by atoms with Crippen LogP contribution in [-0.4, -0.2) is 52.8 Å². The third-order valence-electron chi connectivity index (χ3n) is 4.65. The fourth-order valence-corrected chi connectivity index (χ4v) is 3.64. The molecular weight excluding hydrogens is 360 g/mol. The Morgan fingerprint density at radius 3 is 2.52 bits per heavy atom. The minimum atomic E-state index is -0.131. The van der Waals surface area contributed by atoms with E-state index in [1.807, 2.05) is 0 Å². The molecule has 0 bridgehead atoms. The summed E-state index contributed by atoms with van der Waals surface area (Å²) in [7, 11) is 0. The van der Waals surface area contributed by atoms with Crippen molar-refractivity contribution in [2.24, 2.45) is 5.73 Å². The van der Waals surface area contributed by atoms with Gasteiger partial charge < -0.3 is 10.6 Å². The van der Waals surface area contributed by atoms with Crippen LogP contribution in [0.1, 0.15) is 17.7 Å². The first-order valence-corrected chi connectivity index (χ1v) is 10.2. The van der Waals surface area contributed by atoms with Gasteiger partial charge in [0.1, 0.15) is 0 Å². The van der Waals surface area contributed by atoms with Crippen LogP contribution in [0.25, 0.3) is 5.69 Å². The van der Waals surface area contributed by atoms with E-state index < -0.39 is 0 Å². The summed E-state index contributed by atoms with van der Waals surface area (Å²) in [5.74, 6) is 0.495.